The van der Waals surface area contributed by atoms with Gasteiger partial charge in [0.25, 0.3) is 0 Å². The highest BCUT2D eigenvalue weighted by molar-refractivity contribution is 5.06. The lowest BCUT2D eigenvalue weighted by Crippen LogP contribution is -2.70. The summed E-state index contributed by atoms with van der Waals surface area (Å²) < 4.78 is 0. The standard InChI is InChI=1S/C28H55N5/c1-9-31-18-22(19-31)29-28(8)12-14-33-20-24(30-26(3,4)5)25(33)17-27(6,7)21-11-13-32(10-2)23(15-21)16-28/h21-25,29-30H,9-20H2,1-8H3. The molecule has 0 aromatic rings. The zero-order valence-electron chi connectivity index (χ0n) is 23.2. The van der Waals surface area contributed by atoms with Crippen molar-refractivity contribution >= 4 is 0 Å². The summed E-state index contributed by atoms with van der Waals surface area (Å²) >= 11 is 0. The van der Waals surface area contributed by atoms with Gasteiger partial charge in [-0.2, -0.15) is 0 Å². The molecular formula is C28H55N5. The molecule has 0 aromatic carbocycles. The highest BCUT2D eigenvalue weighted by Crippen LogP contribution is 2.45. The molecule has 5 nitrogen and oxygen atoms in total. The van der Waals surface area contributed by atoms with Crippen LogP contribution in [0.3, 0.4) is 0 Å². The second-order valence-corrected chi connectivity index (χ2v) is 14.0. The molecule has 2 N–H and O–H groups in total. The van der Waals surface area contributed by atoms with Crippen LogP contribution in [-0.2, 0) is 0 Å². The van der Waals surface area contributed by atoms with Crippen molar-refractivity contribution in [2.75, 3.05) is 45.8 Å². The molecule has 0 radical (unpaired) electrons. The van der Waals surface area contributed by atoms with Crippen LogP contribution in [0.5, 0.6) is 0 Å². The molecule has 0 spiro atoms. The Morgan fingerprint density at radius 2 is 1.67 bits per heavy atom. The fourth-order valence-corrected chi connectivity index (χ4v) is 7.55. The van der Waals surface area contributed by atoms with E-state index in [2.05, 4.69) is 80.7 Å². The normalized spacial score (nSPS) is 39.3. The van der Waals surface area contributed by atoms with E-state index in [1.165, 1.54) is 77.9 Å². The van der Waals surface area contributed by atoms with Gasteiger partial charge in [-0.05, 0) is 90.8 Å². The zero-order valence-corrected chi connectivity index (χ0v) is 23.2. The molecule has 192 valence electrons. The first-order valence-electron chi connectivity index (χ1n) is 14.2. The van der Waals surface area contributed by atoms with Gasteiger partial charge in [-0.1, -0.05) is 27.7 Å². The summed E-state index contributed by atoms with van der Waals surface area (Å²) in [6.07, 6.45) is 6.67. The van der Waals surface area contributed by atoms with Crippen LogP contribution in [0, 0.1) is 11.3 Å². The number of hydrogen-bond donors (Lipinski definition) is 2. The molecule has 0 amide bonds. The largest absolute Gasteiger partial charge is 0.306 e. The minimum Gasteiger partial charge on any atom is -0.306 e. The summed E-state index contributed by atoms with van der Waals surface area (Å²) in [5, 5.41) is 8.17. The van der Waals surface area contributed by atoms with Crippen LogP contribution in [0.15, 0.2) is 0 Å². The van der Waals surface area contributed by atoms with Crippen LogP contribution in [0.4, 0.5) is 0 Å². The number of rotatable bonds is 5. The lowest BCUT2D eigenvalue weighted by molar-refractivity contribution is -0.0205. The smallest absolute Gasteiger partial charge is 0.0356 e. The van der Waals surface area contributed by atoms with E-state index in [1.807, 2.05) is 0 Å². The van der Waals surface area contributed by atoms with E-state index < -0.39 is 0 Å². The molecule has 0 aliphatic carbocycles. The monoisotopic (exact) mass is 461 g/mol. The van der Waals surface area contributed by atoms with Gasteiger partial charge in [-0.3, -0.25) is 4.90 Å². The molecule has 4 heterocycles. The Kier molecular flexibility index (Phi) is 7.60. The number of nitrogens with zero attached hydrogens (tertiary/aromatic N) is 3. The van der Waals surface area contributed by atoms with Gasteiger partial charge >= 0.3 is 0 Å². The fourth-order valence-electron chi connectivity index (χ4n) is 7.55. The summed E-state index contributed by atoms with van der Waals surface area (Å²) in [5.74, 6) is 0.838. The molecule has 5 heteroatoms. The highest BCUT2D eigenvalue weighted by atomic mass is 15.3. The van der Waals surface area contributed by atoms with Gasteiger partial charge in [-0.15, -0.1) is 0 Å². The van der Waals surface area contributed by atoms with E-state index in [9.17, 15) is 0 Å². The first-order chi connectivity index (χ1) is 15.4. The van der Waals surface area contributed by atoms with Gasteiger partial charge in [0, 0.05) is 61.4 Å². The van der Waals surface area contributed by atoms with Crippen LogP contribution in [0.1, 0.15) is 87.5 Å². The van der Waals surface area contributed by atoms with Crippen molar-refractivity contribution < 1.29 is 0 Å². The lowest BCUT2D eigenvalue weighted by Gasteiger charge is -2.54. The van der Waals surface area contributed by atoms with Gasteiger partial charge in [0.05, 0.1) is 0 Å². The number of likely N-dealkylation sites (tertiary alicyclic amines) is 2. The maximum absolute atomic E-state index is 4.20. The van der Waals surface area contributed by atoms with E-state index >= 15 is 0 Å². The maximum atomic E-state index is 4.20. The Hall–Kier alpha value is -0.200. The average Bonchev–Trinajstić information content (AvgIpc) is 2.70. The number of piperidine rings is 1. The second-order valence-electron chi connectivity index (χ2n) is 14.0. The van der Waals surface area contributed by atoms with Gasteiger partial charge in [0.15, 0.2) is 0 Å². The molecule has 33 heavy (non-hydrogen) atoms. The molecule has 0 saturated carbocycles. The van der Waals surface area contributed by atoms with Gasteiger partial charge in [0.2, 0.25) is 0 Å². The predicted octanol–water partition coefficient (Wildman–Crippen LogP) is 3.79. The summed E-state index contributed by atoms with van der Waals surface area (Å²) in [6, 6.07) is 2.72. The third-order valence-corrected chi connectivity index (χ3v) is 9.66. The molecule has 5 unspecified atom stereocenters. The fraction of sp³-hybridized carbons (Fsp3) is 1.00. The van der Waals surface area contributed by atoms with E-state index in [-0.39, 0.29) is 11.1 Å². The molecule has 4 fully saturated rings. The minimum atomic E-state index is 0.191. The number of hydrogen-bond acceptors (Lipinski definition) is 5. The van der Waals surface area contributed by atoms with Crippen molar-refractivity contribution in [1.29, 1.82) is 0 Å². The second kappa shape index (κ2) is 9.69. The summed E-state index contributed by atoms with van der Waals surface area (Å²) in [5.41, 5.74) is 0.825. The zero-order chi connectivity index (χ0) is 24.0. The molecule has 4 saturated heterocycles. The minimum absolute atomic E-state index is 0.191. The molecule has 0 aromatic heterocycles. The molecule has 4 rings (SSSR count). The summed E-state index contributed by atoms with van der Waals surface area (Å²) in [7, 11) is 0. The van der Waals surface area contributed by atoms with Crippen LogP contribution in [0.2, 0.25) is 0 Å². The van der Waals surface area contributed by atoms with Crippen molar-refractivity contribution in [1.82, 2.24) is 25.3 Å². The summed E-state index contributed by atoms with van der Waals surface area (Å²) in [4.78, 5) is 8.21. The highest BCUT2D eigenvalue weighted by Gasteiger charge is 2.48. The quantitative estimate of drug-likeness (QED) is 0.651. The maximum Gasteiger partial charge on any atom is 0.0356 e. The van der Waals surface area contributed by atoms with Crippen LogP contribution < -0.4 is 10.6 Å². The van der Waals surface area contributed by atoms with E-state index in [4.69, 9.17) is 0 Å². The number of likely N-dealkylation sites (N-methyl/N-ethyl adjacent to an activating group) is 1. The van der Waals surface area contributed by atoms with Gasteiger partial charge < -0.3 is 20.4 Å². The predicted molar refractivity (Wildman–Crippen MR) is 141 cm³/mol. The first kappa shape index (κ1) is 25.9. The van der Waals surface area contributed by atoms with Crippen molar-refractivity contribution in [3.63, 3.8) is 0 Å². The van der Waals surface area contributed by atoms with Crippen molar-refractivity contribution in [3.8, 4) is 0 Å². The Morgan fingerprint density at radius 3 is 2.30 bits per heavy atom. The molecule has 4 aliphatic heterocycles. The van der Waals surface area contributed by atoms with Crippen LogP contribution >= 0.6 is 0 Å². The van der Waals surface area contributed by atoms with E-state index in [0.717, 1.165) is 12.0 Å². The Morgan fingerprint density at radius 1 is 0.939 bits per heavy atom. The number of nitrogens with one attached hydrogen (secondary N) is 2. The van der Waals surface area contributed by atoms with E-state index in [1.54, 1.807) is 0 Å². The van der Waals surface area contributed by atoms with Crippen LogP contribution in [-0.4, -0.2) is 95.8 Å². The first-order valence-corrected chi connectivity index (χ1v) is 14.2. The molecule has 4 aliphatic rings. The van der Waals surface area contributed by atoms with Crippen LogP contribution in [0.25, 0.3) is 0 Å². The molecular weight excluding hydrogens is 406 g/mol. The van der Waals surface area contributed by atoms with Crippen molar-refractivity contribution in [2.24, 2.45) is 11.3 Å². The molecule has 2 bridgehead atoms. The Bertz CT molecular complexity index is 651. The van der Waals surface area contributed by atoms with Gasteiger partial charge in [-0.25, -0.2) is 0 Å². The Balaban J connectivity index is 1.55. The van der Waals surface area contributed by atoms with Gasteiger partial charge in [0.1, 0.15) is 0 Å². The Labute approximate surface area is 205 Å². The third-order valence-electron chi connectivity index (χ3n) is 9.66. The van der Waals surface area contributed by atoms with Crippen molar-refractivity contribution in [3.05, 3.63) is 0 Å². The topological polar surface area (TPSA) is 33.8 Å². The van der Waals surface area contributed by atoms with E-state index in [0.29, 0.717) is 23.5 Å². The third kappa shape index (κ3) is 5.97. The lowest BCUT2D eigenvalue weighted by atomic mass is 9.66. The summed E-state index contributed by atoms with van der Waals surface area (Å²) in [6.45, 7) is 28.0. The SMILES string of the molecule is CCN1CC(NC2(C)CCN3CC(NC(C)(C)C)C3CC(C)(C)C3CCN(CC)C(C3)C2)C1. The number of fused-ring (bicyclic) bond motifs is 3. The van der Waals surface area contributed by atoms with Crippen molar-refractivity contribution in [2.45, 2.75) is 123 Å². The average molecular weight is 462 g/mol. The molecule has 5 atom stereocenters.